The Kier molecular flexibility index (Phi) is 9.79. The average Bonchev–Trinajstić information content (AvgIpc) is 2.88. The first-order chi connectivity index (χ1) is 19.0. The Bertz CT molecular complexity index is 1050. The highest BCUT2D eigenvalue weighted by molar-refractivity contribution is 6.00. The van der Waals surface area contributed by atoms with Crippen LogP contribution in [0.1, 0.15) is 105 Å². The molecular formula is C34H50N2O4. The van der Waals surface area contributed by atoms with E-state index in [1.807, 2.05) is 26.0 Å². The minimum absolute atomic E-state index is 0.135. The molecule has 2 aliphatic carbocycles. The lowest BCUT2D eigenvalue weighted by Gasteiger charge is -2.39. The van der Waals surface area contributed by atoms with E-state index >= 15 is 0 Å². The fourth-order valence-electron chi connectivity index (χ4n) is 7.32. The van der Waals surface area contributed by atoms with Gasteiger partial charge in [0.05, 0.1) is 17.1 Å². The number of nitrogens with zero attached hydrogens (tertiary/aromatic N) is 1. The molecule has 2 saturated carbocycles. The van der Waals surface area contributed by atoms with Crippen LogP contribution < -0.4 is 5.32 Å². The largest absolute Gasteiger partial charge is 0.459 e. The molecule has 0 bridgehead atoms. The van der Waals surface area contributed by atoms with Crippen molar-refractivity contribution in [3.05, 3.63) is 52.6 Å². The van der Waals surface area contributed by atoms with Crippen LogP contribution in [0.2, 0.25) is 0 Å². The van der Waals surface area contributed by atoms with Crippen molar-refractivity contribution in [2.45, 2.75) is 112 Å². The molecule has 1 aromatic rings. The normalized spacial score (nSPS) is 31.3. The molecule has 0 radical (unpaired) electrons. The van der Waals surface area contributed by atoms with Crippen molar-refractivity contribution in [3.63, 3.8) is 0 Å². The van der Waals surface area contributed by atoms with Gasteiger partial charge in [0.25, 0.3) is 0 Å². The van der Waals surface area contributed by atoms with Gasteiger partial charge in [-0.1, -0.05) is 60.5 Å². The number of dihydropyridines is 1. The van der Waals surface area contributed by atoms with Crippen LogP contribution in [0.5, 0.6) is 0 Å². The summed E-state index contributed by atoms with van der Waals surface area (Å²) in [6.07, 6.45) is 9.36. The third kappa shape index (κ3) is 6.63. The average molecular weight is 551 g/mol. The predicted molar refractivity (Wildman–Crippen MR) is 158 cm³/mol. The van der Waals surface area contributed by atoms with Crippen LogP contribution in [-0.2, 0) is 19.1 Å². The number of allylic oxidation sites excluding steroid dienone is 2. The lowest BCUT2D eigenvalue weighted by molar-refractivity contribution is -0.152. The van der Waals surface area contributed by atoms with Crippen molar-refractivity contribution < 1.29 is 19.1 Å². The number of hydrogen-bond acceptors (Lipinski definition) is 6. The fraction of sp³-hybridized carbons (Fsp3) is 0.676. The first-order valence-corrected chi connectivity index (χ1v) is 15.5. The summed E-state index contributed by atoms with van der Waals surface area (Å²) in [6.45, 7) is 17.1. The first-order valence-electron chi connectivity index (χ1n) is 15.5. The molecule has 40 heavy (non-hydrogen) atoms. The van der Waals surface area contributed by atoms with Crippen molar-refractivity contribution >= 4 is 11.9 Å². The van der Waals surface area contributed by atoms with E-state index in [0.29, 0.717) is 58.0 Å². The van der Waals surface area contributed by atoms with Crippen LogP contribution in [0.3, 0.4) is 0 Å². The summed E-state index contributed by atoms with van der Waals surface area (Å²) in [5.74, 6) is 1.24. The Labute approximate surface area is 241 Å². The molecular weight excluding hydrogens is 500 g/mol. The van der Waals surface area contributed by atoms with Crippen molar-refractivity contribution in [3.8, 4) is 0 Å². The summed E-state index contributed by atoms with van der Waals surface area (Å²) in [5, 5.41) is 3.34. The van der Waals surface area contributed by atoms with E-state index in [9.17, 15) is 9.59 Å². The van der Waals surface area contributed by atoms with Crippen molar-refractivity contribution in [1.82, 2.24) is 10.3 Å². The van der Waals surface area contributed by atoms with Gasteiger partial charge in [-0.05, 0) is 86.7 Å². The second-order valence-corrected chi connectivity index (χ2v) is 13.5. The zero-order valence-corrected chi connectivity index (χ0v) is 25.8. The number of hydrogen-bond donors (Lipinski definition) is 1. The van der Waals surface area contributed by atoms with Crippen LogP contribution in [0.15, 0.2) is 47.1 Å². The molecule has 2 fully saturated rings. The van der Waals surface area contributed by atoms with E-state index in [2.05, 4.69) is 51.8 Å². The Morgan fingerprint density at radius 2 is 1.30 bits per heavy atom. The van der Waals surface area contributed by atoms with Crippen LogP contribution in [-0.4, -0.2) is 29.1 Å². The number of pyridine rings is 1. The summed E-state index contributed by atoms with van der Waals surface area (Å²) in [5.41, 5.74) is 3.16. The van der Waals surface area contributed by atoms with Crippen LogP contribution in [0.25, 0.3) is 0 Å². The number of nitrogens with one attached hydrogen (secondary N) is 1. The molecule has 0 amide bonds. The number of ether oxygens (including phenoxy) is 2. The monoisotopic (exact) mass is 550 g/mol. The third-order valence-corrected chi connectivity index (χ3v) is 9.66. The number of rotatable bonds is 7. The molecule has 6 atom stereocenters. The second kappa shape index (κ2) is 12.9. The third-order valence-electron chi connectivity index (χ3n) is 9.66. The van der Waals surface area contributed by atoms with Gasteiger partial charge in [0.2, 0.25) is 0 Å². The highest BCUT2D eigenvalue weighted by atomic mass is 16.5. The molecule has 2 heterocycles. The van der Waals surface area contributed by atoms with Crippen LogP contribution in [0, 0.1) is 35.5 Å². The number of esters is 2. The van der Waals surface area contributed by atoms with Crippen molar-refractivity contribution in [2.75, 3.05) is 0 Å². The molecule has 0 spiro atoms. The maximum absolute atomic E-state index is 14.1. The zero-order chi connectivity index (χ0) is 29.1. The Hall–Kier alpha value is -2.63. The van der Waals surface area contributed by atoms with E-state index < -0.39 is 5.92 Å². The second-order valence-electron chi connectivity index (χ2n) is 13.5. The van der Waals surface area contributed by atoms with Gasteiger partial charge in [-0.15, -0.1) is 0 Å². The maximum atomic E-state index is 14.1. The minimum atomic E-state index is -0.605. The lowest BCUT2D eigenvalue weighted by Crippen LogP contribution is -2.40. The molecule has 6 unspecified atom stereocenters. The van der Waals surface area contributed by atoms with E-state index in [0.717, 1.165) is 44.1 Å². The highest BCUT2D eigenvalue weighted by Crippen LogP contribution is 2.42. The van der Waals surface area contributed by atoms with Gasteiger partial charge in [0.1, 0.15) is 12.2 Å². The Morgan fingerprint density at radius 1 is 0.825 bits per heavy atom. The Morgan fingerprint density at radius 3 is 1.70 bits per heavy atom. The SMILES string of the molecule is CC1=C(C(=O)OC2CC(C)CCC2C(C)C)C(c2cccnc2)C(C(=O)OC2CC(C)CCC2C(C)C)=C(C)N1. The summed E-state index contributed by atoms with van der Waals surface area (Å²) in [6, 6.07) is 3.78. The topological polar surface area (TPSA) is 77.5 Å². The molecule has 3 aliphatic rings. The summed E-state index contributed by atoms with van der Waals surface area (Å²) < 4.78 is 12.7. The fourth-order valence-corrected chi connectivity index (χ4v) is 7.32. The lowest BCUT2D eigenvalue weighted by atomic mass is 9.75. The summed E-state index contributed by atoms with van der Waals surface area (Å²) in [7, 11) is 0. The predicted octanol–water partition coefficient (Wildman–Crippen LogP) is 7.32. The maximum Gasteiger partial charge on any atom is 0.337 e. The number of carbonyl (C=O) groups excluding carboxylic acids is 2. The molecule has 6 heteroatoms. The molecule has 1 aliphatic heterocycles. The molecule has 6 nitrogen and oxygen atoms in total. The van der Waals surface area contributed by atoms with Crippen LogP contribution in [0.4, 0.5) is 0 Å². The van der Waals surface area contributed by atoms with Gasteiger partial charge in [0.15, 0.2) is 0 Å². The number of carbonyl (C=O) groups is 2. The zero-order valence-electron chi connectivity index (χ0n) is 25.8. The van der Waals surface area contributed by atoms with Gasteiger partial charge in [-0.25, -0.2) is 9.59 Å². The van der Waals surface area contributed by atoms with Crippen molar-refractivity contribution in [1.29, 1.82) is 0 Å². The van der Waals surface area contributed by atoms with E-state index in [1.165, 1.54) is 0 Å². The smallest absolute Gasteiger partial charge is 0.337 e. The standard InChI is InChI=1S/C34H50N2O4/c1-19(2)26-13-11-21(5)16-28(26)39-33(37)30-23(7)36-24(8)31(32(30)25-10-9-15-35-18-25)34(38)40-29-17-22(6)12-14-27(29)20(3)4/h9-10,15,18-22,26-29,32,36H,11-14,16-17H2,1-8H3. The molecule has 4 rings (SSSR count). The van der Waals surface area contributed by atoms with Gasteiger partial charge in [-0.2, -0.15) is 0 Å². The van der Waals surface area contributed by atoms with Gasteiger partial charge < -0.3 is 14.8 Å². The van der Waals surface area contributed by atoms with E-state index in [-0.39, 0.29) is 24.1 Å². The van der Waals surface area contributed by atoms with Crippen molar-refractivity contribution in [2.24, 2.45) is 35.5 Å². The summed E-state index contributed by atoms with van der Waals surface area (Å²) >= 11 is 0. The molecule has 0 aromatic carbocycles. The molecule has 1 aromatic heterocycles. The molecule has 220 valence electrons. The molecule has 0 saturated heterocycles. The van der Waals surface area contributed by atoms with Gasteiger partial charge >= 0.3 is 11.9 Å². The highest BCUT2D eigenvalue weighted by Gasteiger charge is 2.42. The minimum Gasteiger partial charge on any atom is -0.459 e. The van der Waals surface area contributed by atoms with E-state index in [4.69, 9.17) is 9.47 Å². The first kappa shape index (κ1) is 30.3. The van der Waals surface area contributed by atoms with E-state index in [1.54, 1.807) is 12.4 Å². The van der Waals surface area contributed by atoms with Gasteiger partial charge in [-0.3, -0.25) is 4.98 Å². The Balaban J connectivity index is 1.67. The quantitative estimate of drug-likeness (QED) is 0.358. The number of aromatic nitrogens is 1. The van der Waals surface area contributed by atoms with Crippen LogP contribution >= 0.6 is 0 Å². The van der Waals surface area contributed by atoms with Gasteiger partial charge in [0, 0.05) is 23.8 Å². The summed E-state index contributed by atoms with van der Waals surface area (Å²) in [4.78, 5) is 32.5. The molecule has 1 N–H and O–H groups in total.